The number of benzene rings is 1. The van der Waals surface area contributed by atoms with Crippen LogP contribution in [0.25, 0.3) is 11.4 Å². The molecular formula is C19H28N4O2S. The number of carbonyl (C=O) groups is 1. The monoisotopic (exact) mass is 376 g/mol. The van der Waals surface area contributed by atoms with Crippen LogP contribution in [0, 0.1) is 0 Å². The number of aromatic amines is 1. The van der Waals surface area contributed by atoms with E-state index in [0.717, 1.165) is 24.2 Å². The molecule has 26 heavy (non-hydrogen) atoms. The fourth-order valence-electron chi connectivity index (χ4n) is 2.59. The summed E-state index contributed by atoms with van der Waals surface area (Å²) in [5.74, 6) is 1.82. The van der Waals surface area contributed by atoms with E-state index < -0.39 is 0 Å². The van der Waals surface area contributed by atoms with Crippen molar-refractivity contribution in [1.29, 1.82) is 0 Å². The summed E-state index contributed by atoms with van der Waals surface area (Å²) >= 11 is 1.34. The van der Waals surface area contributed by atoms with Gasteiger partial charge in [0.05, 0.1) is 12.9 Å². The summed E-state index contributed by atoms with van der Waals surface area (Å²) in [7, 11) is 1.63. The van der Waals surface area contributed by atoms with Crippen molar-refractivity contribution in [3.05, 3.63) is 24.3 Å². The van der Waals surface area contributed by atoms with E-state index >= 15 is 0 Å². The number of ether oxygens (including phenoxy) is 1. The molecule has 1 heterocycles. The normalized spacial score (nSPS) is 12.0. The third-order valence-electron chi connectivity index (χ3n) is 4.06. The van der Waals surface area contributed by atoms with Crippen LogP contribution in [0.3, 0.4) is 0 Å². The second kappa shape index (κ2) is 10.9. The molecule has 7 heteroatoms. The topological polar surface area (TPSA) is 79.9 Å². The zero-order chi connectivity index (χ0) is 18.8. The zero-order valence-corrected chi connectivity index (χ0v) is 16.6. The van der Waals surface area contributed by atoms with Crippen LogP contribution in [0.5, 0.6) is 5.75 Å². The van der Waals surface area contributed by atoms with Gasteiger partial charge in [0.25, 0.3) is 0 Å². The van der Waals surface area contributed by atoms with E-state index in [4.69, 9.17) is 4.74 Å². The fourth-order valence-corrected chi connectivity index (χ4v) is 3.19. The van der Waals surface area contributed by atoms with Gasteiger partial charge in [0.2, 0.25) is 11.1 Å². The Labute approximate surface area is 159 Å². The number of unbranched alkanes of at least 4 members (excludes halogenated alkanes) is 3. The summed E-state index contributed by atoms with van der Waals surface area (Å²) in [6, 6.07) is 7.79. The molecule has 2 N–H and O–H groups in total. The Morgan fingerprint density at radius 2 is 2.04 bits per heavy atom. The van der Waals surface area contributed by atoms with Crippen LogP contribution < -0.4 is 10.1 Å². The number of carbonyl (C=O) groups excluding carboxylic acids is 1. The van der Waals surface area contributed by atoms with Crippen LogP contribution in [0.1, 0.15) is 46.0 Å². The fraction of sp³-hybridized carbons (Fsp3) is 0.526. The number of hydrogen-bond acceptors (Lipinski definition) is 5. The molecule has 6 nitrogen and oxygen atoms in total. The molecule has 0 fully saturated rings. The minimum Gasteiger partial charge on any atom is -0.497 e. The molecule has 2 rings (SSSR count). The van der Waals surface area contributed by atoms with Crippen LogP contribution in [-0.4, -0.2) is 40.0 Å². The molecule has 1 aromatic carbocycles. The van der Waals surface area contributed by atoms with Gasteiger partial charge in [0, 0.05) is 11.6 Å². The molecule has 0 saturated heterocycles. The average Bonchev–Trinajstić information content (AvgIpc) is 3.13. The molecule has 1 atom stereocenters. The third-order valence-corrected chi connectivity index (χ3v) is 4.91. The van der Waals surface area contributed by atoms with Crippen molar-refractivity contribution in [3.8, 4) is 17.1 Å². The maximum absolute atomic E-state index is 12.1. The zero-order valence-electron chi connectivity index (χ0n) is 15.7. The number of nitrogens with one attached hydrogen (secondary N) is 2. The largest absolute Gasteiger partial charge is 0.497 e. The number of nitrogens with zero attached hydrogens (tertiary/aromatic N) is 2. The first kappa shape index (κ1) is 20.3. The van der Waals surface area contributed by atoms with Gasteiger partial charge in [-0.25, -0.2) is 4.98 Å². The van der Waals surface area contributed by atoms with Gasteiger partial charge >= 0.3 is 0 Å². The van der Waals surface area contributed by atoms with Gasteiger partial charge in [-0.3, -0.25) is 9.89 Å². The number of methoxy groups -OCH3 is 1. The molecular weight excluding hydrogens is 348 g/mol. The quantitative estimate of drug-likeness (QED) is 0.457. The molecule has 0 radical (unpaired) electrons. The van der Waals surface area contributed by atoms with E-state index in [0.29, 0.717) is 16.7 Å². The number of rotatable bonds is 11. The molecule has 0 unspecified atom stereocenters. The van der Waals surface area contributed by atoms with E-state index in [1.54, 1.807) is 7.11 Å². The molecule has 142 valence electrons. The van der Waals surface area contributed by atoms with Gasteiger partial charge in [-0.1, -0.05) is 44.4 Å². The average molecular weight is 377 g/mol. The van der Waals surface area contributed by atoms with E-state index in [-0.39, 0.29) is 11.9 Å². The predicted octanol–water partition coefficient (Wildman–Crippen LogP) is 4.05. The number of thioether (sulfide) groups is 1. The molecule has 0 aliphatic carbocycles. The number of amides is 1. The Balaban J connectivity index is 1.75. The van der Waals surface area contributed by atoms with Crippen molar-refractivity contribution in [2.75, 3.05) is 12.9 Å². The summed E-state index contributed by atoms with van der Waals surface area (Å²) in [6.07, 6.45) is 5.91. The highest BCUT2D eigenvalue weighted by Crippen LogP contribution is 2.21. The Bertz CT molecular complexity index is 672. The van der Waals surface area contributed by atoms with Gasteiger partial charge in [0.15, 0.2) is 5.82 Å². The van der Waals surface area contributed by atoms with E-state index in [9.17, 15) is 4.79 Å². The molecule has 0 bridgehead atoms. The second-order valence-electron chi connectivity index (χ2n) is 6.30. The van der Waals surface area contributed by atoms with E-state index in [1.807, 2.05) is 24.3 Å². The molecule has 1 amide bonds. The molecule has 1 aromatic heterocycles. The van der Waals surface area contributed by atoms with Crippen molar-refractivity contribution in [3.63, 3.8) is 0 Å². The summed E-state index contributed by atoms with van der Waals surface area (Å²) in [4.78, 5) is 16.5. The lowest BCUT2D eigenvalue weighted by atomic mass is 10.1. The first-order valence-electron chi connectivity index (χ1n) is 9.11. The molecule has 0 spiro atoms. The third kappa shape index (κ3) is 6.71. The van der Waals surface area contributed by atoms with Crippen LogP contribution in [-0.2, 0) is 4.79 Å². The van der Waals surface area contributed by atoms with Crippen LogP contribution in [0.4, 0.5) is 0 Å². The highest BCUT2D eigenvalue weighted by atomic mass is 32.2. The van der Waals surface area contributed by atoms with Gasteiger partial charge in [-0.2, -0.15) is 0 Å². The summed E-state index contributed by atoms with van der Waals surface area (Å²) < 4.78 is 5.15. The maximum atomic E-state index is 12.1. The van der Waals surface area contributed by atoms with Crippen molar-refractivity contribution >= 4 is 17.7 Å². The SMILES string of the molecule is CCCCCC[C@@H](C)NC(=O)CSc1n[nH]c(-c2ccc(OC)cc2)n1. The molecule has 0 aliphatic heterocycles. The highest BCUT2D eigenvalue weighted by Gasteiger charge is 2.11. The summed E-state index contributed by atoms with van der Waals surface area (Å²) in [5.41, 5.74) is 0.926. The lowest BCUT2D eigenvalue weighted by Gasteiger charge is -2.13. The minimum absolute atomic E-state index is 0.0220. The Hall–Kier alpha value is -2.02. The van der Waals surface area contributed by atoms with E-state index in [1.165, 1.54) is 31.0 Å². The Morgan fingerprint density at radius 1 is 1.27 bits per heavy atom. The van der Waals surface area contributed by atoms with E-state index in [2.05, 4.69) is 34.3 Å². The molecule has 0 aliphatic rings. The minimum atomic E-state index is 0.0220. The van der Waals surface area contributed by atoms with Gasteiger partial charge in [0.1, 0.15) is 5.75 Å². The standard InChI is InChI=1S/C19H28N4O2S/c1-4-5-6-7-8-14(2)20-17(24)13-26-19-21-18(22-23-19)15-9-11-16(25-3)12-10-15/h9-12,14H,4-8,13H2,1-3H3,(H,20,24)(H,21,22,23)/t14-/m1/s1. The van der Waals surface area contributed by atoms with Crippen molar-refractivity contribution in [2.45, 2.75) is 57.1 Å². The van der Waals surface area contributed by atoms with Crippen LogP contribution >= 0.6 is 11.8 Å². The summed E-state index contributed by atoms with van der Waals surface area (Å²) in [6.45, 7) is 4.26. The smallest absolute Gasteiger partial charge is 0.230 e. The van der Waals surface area contributed by atoms with Gasteiger partial charge < -0.3 is 10.1 Å². The van der Waals surface area contributed by atoms with Crippen molar-refractivity contribution in [1.82, 2.24) is 20.5 Å². The van der Waals surface area contributed by atoms with Gasteiger partial charge in [-0.05, 0) is 37.6 Å². The molecule has 0 saturated carbocycles. The van der Waals surface area contributed by atoms with Crippen LogP contribution in [0.15, 0.2) is 29.4 Å². The predicted molar refractivity (Wildman–Crippen MR) is 105 cm³/mol. The highest BCUT2D eigenvalue weighted by molar-refractivity contribution is 7.99. The Morgan fingerprint density at radius 3 is 2.73 bits per heavy atom. The lowest BCUT2D eigenvalue weighted by Crippen LogP contribution is -2.33. The second-order valence-corrected chi connectivity index (χ2v) is 7.24. The van der Waals surface area contributed by atoms with Crippen molar-refractivity contribution in [2.24, 2.45) is 0 Å². The molecule has 2 aromatic rings. The maximum Gasteiger partial charge on any atom is 0.230 e. The number of hydrogen-bond donors (Lipinski definition) is 2. The number of aromatic nitrogens is 3. The lowest BCUT2D eigenvalue weighted by molar-refractivity contribution is -0.119. The summed E-state index contributed by atoms with van der Waals surface area (Å²) in [5, 5.41) is 10.7. The van der Waals surface area contributed by atoms with Gasteiger partial charge in [-0.15, -0.1) is 5.10 Å². The Kier molecular flexibility index (Phi) is 8.47. The number of H-pyrrole nitrogens is 1. The van der Waals surface area contributed by atoms with Crippen LogP contribution in [0.2, 0.25) is 0 Å². The van der Waals surface area contributed by atoms with Crippen molar-refractivity contribution < 1.29 is 9.53 Å². The first-order chi connectivity index (χ1) is 12.6. The first-order valence-corrected chi connectivity index (χ1v) is 10.1.